The highest BCUT2D eigenvalue weighted by molar-refractivity contribution is 5.80. The van der Waals surface area contributed by atoms with Crippen LogP contribution in [0, 0.1) is 19.7 Å². The van der Waals surface area contributed by atoms with Crippen LogP contribution in [0.25, 0.3) is 5.57 Å². The van der Waals surface area contributed by atoms with Crippen LogP contribution in [0.3, 0.4) is 0 Å². The Morgan fingerprint density at radius 3 is 2.29 bits per heavy atom. The van der Waals surface area contributed by atoms with Crippen molar-refractivity contribution in [3.05, 3.63) is 64.8 Å². The summed E-state index contributed by atoms with van der Waals surface area (Å²) in [6.45, 7) is 11.2. The Morgan fingerprint density at radius 2 is 1.79 bits per heavy atom. The fourth-order valence-corrected chi connectivity index (χ4v) is 2.51. The Hall–Kier alpha value is -2.23. The van der Waals surface area contributed by atoms with E-state index in [1.54, 1.807) is 33.8 Å². The number of carbonyl (C=O) groups excluding carboxylic acids is 1. The fourth-order valence-electron chi connectivity index (χ4n) is 2.51. The van der Waals surface area contributed by atoms with E-state index in [-0.39, 0.29) is 25.3 Å². The van der Waals surface area contributed by atoms with Crippen LogP contribution >= 0.6 is 0 Å². The van der Waals surface area contributed by atoms with E-state index < -0.39 is 11.8 Å². The van der Waals surface area contributed by atoms with Crippen molar-refractivity contribution in [3.8, 4) is 0 Å². The van der Waals surface area contributed by atoms with E-state index in [9.17, 15) is 13.6 Å². The number of hydrogen-bond acceptors (Lipinski definition) is 2. The third kappa shape index (κ3) is 6.11. The first-order chi connectivity index (χ1) is 11.2. The maximum absolute atomic E-state index is 14.2. The van der Waals surface area contributed by atoms with Gasteiger partial charge in [-0.3, -0.25) is 4.79 Å². The molecule has 1 rings (SSSR count). The van der Waals surface area contributed by atoms with Gasteiger partial charge >= 0.3 is 5.97 Å². The molecule has 2 nitrogen and oxygen atoms in total. The molecular formula is C20H24F2O2. The van der Waals surface area contributed by atoms with Gasteiger partial charge in [-0.15, -0.1) is 0 Å². The van der Waals surface area contributed by atoms with Crippen molar-refractivity contribution in [2.75, 3.05) is 6.61 Å². The van der Waals surface area contributed by atoms with Crippen molar-refractivity contribution in [2.24, 2.45) is 0 Å². The summed E-state index contributed by atoms with van der Waals surface area (Å²) >= 11 is 0. The van der Waals surface area contributed by atoms with Crippen LogP contribution < -0.4 is 0 Å². The molecule has 1 aromatic rings. The largest absolute Gasteiger partial charge is 0.466 e. The van der Waals surface area contributed by atoms with Crippen molar-refractivity contribution >= 4 is 11.5 Å². The monoisotopic (exact) mass is 334 g/mol. The second-order valence-corrected chi connectivity index (χ2v) is 5.76. The average Bonchev–Trinajstić information content (AvgIpc) is 2.43. The Bertz CT molecular complexity index is 662. The lowest BCUT2D eigenvalue weighted by molar-refractivity contribution is -0.143. The van der Waals surface area contributed by atoms with Gasteiger partial charge in [0.05, 0.1) is 13.0 Å². The molecular weight excluding hydrogens is 310 g/mol. The maximum Gasteiger partial charge on any atom is 0.306 e. The minimum atomic E-state index is -0.432. The molecule has 0 unspecified atom stereocenters. The highest BCUT2D eigenvalue weighted by atomic mass is 19.1. The molecule has 0 aliphatic heterocycles. The minimum absolute atomic E-state index is 0.0160. The molecule has 0 bridgehead atoms. The Morgan fingerprint density at radius 1 is 1.21 bits per heavy atom. The molecule has 0 heterocycles. The van der Waals surface area contributed by atoms with Crippen molar-refractivity contribution in [1.82, 2.24) is 0 Å². The van der Waals surface area contributed by atoms with E-state index >= 15 is 0 Å². The summed E-state index contributed by atoms with van der Waals surface area (Å²) in [5.74, 6) is -1.19. The van der Waals surface area contributed by atoms with Gasteiger partial charge in [0.1, 0.15) is 11.6 Å². The number of rotatable bonds is 7. The molecule has 0 N–H and O–H groups in total. The summed E-state index contributed by atoms with van der Waals surface area (Å²) in [4.78, 5) is 11.3. The van der Waals surface area contributed by atoms with Gasteiger partial charge in [-0.2, -0.15) is 0 Å². The van der Waals surface area contributed by atoms with Gasteiger partial charge < -0.3 is 4.74 Å². The quantitative estimate of drug-likeness (QED) is 0.479. The molecule has 0 fully saturated rings. The van der Waals surface area contributed by atoms with Gasteiger partial charge in [0.25, 0.3) is 0 Å². The predicted octanol–water partition coefficient (Wildman–Crippen LogP) is 5.60. The molecule has 0 radical (unpaired) electrons. The second kappa shape index (κ2) is 9.16. The zero-order valence-corrected chi connectivity index (χ0v) is 14.7. The molecule has 24 heavy (non-hydrogen) atoms. The number of ether oxygens (including phenoxy) is 1. The first kappa shape index (κ1) is 19.8. The van der Waals surface area contributed by atoms with Crippen molar-refractivity contribution in [3.63, 3.8) is 0 Å². The van der Waals surface area contributed by atoms with Crippen molar-refractivity contribution in [2.45, 2.75) is 40.5 Å². The molecule has 0 saturated carbocycles. The highest BCUT2D eigenvalue weighted by Gasteiger charge is 2.11. The summed E-state index contributed by atoms with van der Waals surface area (Å²) in [5.41, 5.74) is 3.57. The standard InChI is InChI=1S/C20H24F2O2/c1-6-24-19(23)8-7-17(21)12-16(9-13(2)3)20-14(4)10-18(22)11-15(20)5/h9-12H,2,6-8H2,1,3-5H3/b16-9+,17-12-. The van der Waals surface area contributed by atoms with Crippen LogP contribution in [0.5, 0.6) is 0 Å². The van der Waals surface area contributed by atoms with Gasteiger partial charge in [-0.1, -0.05) is 18.2 Å². The van der Waals surface area contributed by atoms with Crippen LogP contribution in [0.2, 0.25) is 0 Å². The van der Waals surface area contributed by atoms with Gasteiger partial charge in [0.15, 0.2) is 0 Å². The highest BCUT2D eigenvalue weighted by Crippen LogP contribution is 2.28. The number of carbonyl (C=O) groups is 1. The smallest absolute Gasteiger partial charge is 0.306 e. The summed E-state index contributed by atoms with van der Waals surface area (Å²) in [7, 11) is 0. The number of hydrogen-bond donors (Lipinski definition) is 0. The number of benzene rings is 1. The van der Waals surface area contributed by atoms with Gasteiger partial charge in [0, 0.05) is 6.42 Å². The molecule has 130 valence electrons. The van der Waals surface area contributed by atoms with E-state index in [1.165, 1.54) is 18.2 Å². The lowest BCUT2D eigenvalue weighted by Gasteiger charge is -2.12. The van der Waals surface area contributed by atoms with Crippen molar-refractivity contribution < 1.29 is 18.3 Å². The zero-order valence-electron chi connectivity index (χ0n) is 14.7. The zero-order chi connectivity index (χ0) is 18.3. The van der Waals surface area contributed by atoms with Crippen LogP contribution in [0.1, 0.15) is 43.4 Å². The first-order valence-corrected chi connectivity index (χ1v) is 7.90. The van der Waals surface area contributed by atoms with Crippen molar-refractivity contribution in [1.29, 1.82) is 0 Å². The van der Waals surface area contributed by atoms with E-state index in [2.05, 4.69) is 6.58 Å². The number of allylic oxidation sites excluding steroid dienone is 5. The van der Waals surface area contributed by atoms with E-state index in [0.29, 0.717) is 5.57 Å². The lowest BCUT2D eigenvalue weighted by Crippen LogP contribution is -2.03. The molecule has 0 aliphatic rings. The molecule has 0 aliphatic carbocycles. The van der Waals surface area contributed by atoms with E-state index in [1.807, 2.05) is 0 Å². The fraction of sp³-hybridized carbons (Fsp3) is 0.350. The summed E-state index contributed by atoms with van der Waals surface area (Å²) in [6, 6.07) is 2.83. The topological polar surface area (TPSA) is 26.3 Å². The average molecular weight is 334 g/mol. The lowest BCUT2D eigenvalue weighted by atomic mass is 9.93. The molecule has 0 atom stereocenters. The molecule has 0 aromatic heterocycles. The van der Waals surface area contributed by atoms with E-state index in [4.69, 9.17) is 4.74 Å². The number of halogens is 2. The first-order valence-electron chi connectivity index (χ1n) is 7.90. The second-order valence-electron chi connectivity index (χ2n) is 5.76. The van der Waals surface area contributed by atoms with E-state index in [0.717, 1.165) is 22.3 Å². The Balaban J connectivity index is 3.14. The normalized spacial score (nSPS) is 12.2. The van der Waals surface area contributed by atoms with Gasteiger partial charge in [-0.25, -0.2) is 8.78 Å². The number of aryl methyl sites for hydroxylation is 2. The summed E-state index contributed by atoms with van der Waals surface area (Å²) in [6.07, 6.45) is 3.07. The Labute approximate surface area is 142 Å². The molecule has 0 spiro atoms. The SMILES string of the molecule is C=C(C)/C=C(\C=C(/F)CCC(=O)OCC)c1c(C)cc(F)cc1C. The minimum Gasteiger partial charge on any atom is -0.466 e. The summed E-state index contributed by atoms with van der Waals surface area (Å²) < 4.78 is 32.5. The van der Waals surface area contributed by atoms with Gasteiger partial charge in [-0.05, 0) is 68.2 Å². The molecule has 1 aromatic carbocycles. The predicted molar refractivity (Wildman–Crippen MR) is 93.7 cm³/mol. The van der Waals surface area contributed by atoms with Crippen LogP contribution in [-0.4, -0.2) is 12.6 Å². The third-order valence-electron chi connectivity index (χ3n) is 3.37. The van der Waals surface area contributed by atoms with Crippen LogP contribution in [-0.2, 0) is 9.53 Å². The molecule has 0 amide bonds. The van der Waals surface area contributed by atoms with Crippen LogP contribution in [0.15, 0.2) is 42.3 Å². The Kier molecular flexibility index (Phi) is 7.56. The maximum atomic E-state index is 14.2. The van der Waals surface area contributed by atoms with Crippen LogP contribution in [0.4, 0.5) is 8.78 Å². The summed E-state index contributed by atoms with van der Waals surface area (Å²) in [5, 5.41) is 0. The third-order valence-corrected chi connectivity index (χ3v) is 3.37. The molecule has 4 heteroatoms. The number of esters is 1. The molecule has 0 saturated heterocycles. The van der Waals surface area contributed by atoms with Gasteiger partial charge in [0.2, 0.25) is 0 Å².